The van der Waals surface area contributed by atoms with Gasteiger partial charge in [-0.2, -0.15) is 0 Å². The molecule has 3 radical (unpaired) electrons. The summed E-state index contributed by atoms with van der Waals surface area (Å²) in [6.07, 6.45) is 16.9. The molecule has 0 aliphatic heterocycles. The van der Waals surface area contributed by atoms with E-state index in [1.807, 2.05) is 10.9 Å². The van der Waals surface area contributed by atoms with E-state index in [9.17, 15) is 4.57 Å². The lowest BCUT2D eigenvalue weighted by Gasteiger charge is -2.38. The molecule has 1 aromatic heterocycles. The Morgan fingerprint density at radius 2 is 1.65 bits per heavy atom. The summed E-state index contributed by atoms with van der Waals surface area (Å²) in [4.78, 5) is 0. The number of aromatic nitrogens is 3. The van der Waals surface area contributed by atoms with Gasteiger partial charge < -0.3 is 4.57 Å². The van der Waals surface area contributed by atoms with E-state index in [1.165, 1.54) is 38.5 Å². The van der Waals surface area contributed by atoms with Crippen molar-refractivity contribution < 1.29 is 4.57 Å². The fraction of sp³-hybridized carbons (Fsp3) is 0.824. The lowest BCUT2D eigenvalue weighted by Crippen LogP contribution is -2.26. The second-order valence-corrected chi connectivity index (χ2v) is 10.7. The normalized spacial score (nSPS) is 21.4. The number of hydrogen-bond donors (Lipinski definition) is 0. The quantitative estimate of drug-likeness (QED) is 0.447. The number of rotatable bonds is 6. The van der Waals surface area contributed by atoms with Crippen molar-refractivity contribution in [2.75, 3.05) is 0 Å². The van der Waals surface area contributed by atoms with Crippen LogP contribution < -0.4 is 0 Å². The molecule has 0 amide bonds. The second-order valence-electron chi connectivity index (χ2n) is 7.27. The van der Waals surface area contributed by atoms with E-state index in [-0.39, 0.29) is 0 Å². The topological polar surface area (TPSA) is 47.8 Å². The van der Waals surface area contributed by atoms with Gasteiger partial charge in [0.25, 0.3) is 0 Å². The first-order chi connectivity index (χ1) is 11.2. The fourth-order valence-electron chi connectivity index (χ4n) is 4.41. The molecule has 125 valence electrons. The Labute approximate surface area is 141 Å². The van der Waals surface area contributed by atoms with Crippen molar-refractivity contribution in [2.24, 2.45) is 0 Å². The lowest BCUT2D eigenvalue weighted by atomic mass is 9.99. The smallest absolute Gasteiger partial charge is 0.122 e. The molecule has 0 atom stereocenters. The minimum absolute atomic E-state index is 0.410. The van der Waals surface area contributed by atoms with Crippen LogP contribution in [0.15, 0.2) is 6.20 Å². The minimum atomic E-state index is -2.28. The third-order valence-electron chi connectivity index (χ3n) is 5.66. The predicted molar refractivity (Wildman–Crippen MR) is 95.1 cm³/mol. The van der Waals surface area contributed by atoms with Crippen LogP contribution in [0.5, 0.6) is 0 Å². The molecule has 0 aromatic carbocycles. The Kier molecular flexibility index (Phi) is 5.90. The highest BCUT2D eigenvalue weighted by Gasteiger charge is 2.41. The molecule has 2 saturated carbocycles. The average molecular weight is 332 g/mol. The van der Waals surface area contributed by atoms with Crippen LogP contribution in [-0.4, -0.2) is 34.2 Å². The SMILES string of the molecule is [B-][CH+]Cc1cn(CP(=O)(C2CCCCC2)C2CCCCC2)nn1. The number of nitrogens with zero attached hydrogens (tertiary/aromatic N) is 3. The van der Waals surface area contributed by atoms with Gasteiger partial charge in [-0.3, -0.25) is 7.85 Å². The zero-order chi connectivity index (χ0) is 16.1. The van der Waals surface area contributed by atoms with Gasteiger partial charge in [0.05, 0.1) is 18.9 Å². The summed E-state index contributed by atoms with van der Waals surface area (Å²) in [7, 11) is 3.20. The molecule has 0 spiro atoms. The zero-order valence-electron chi connectivity index (χ0n) is 14.1. The Hall–Kier alpha value is -0.695. The van der Waals surface area contributed by atoms with Crippen LogP contribution in [-0.2, 0) is 17.3 Å². The molecule has 0 unspecified atom stereocenters. The highest BCUT2D eigenvalue weighted by atomic mass is 31.2. The van der Waals surface area contributed by atoms with Crippen LogP contribution in [0.2, 0.25) is 0 Å². The summed E-state index contributed by atoms with van der Waals surface area (Å²) in [5.41, 5.74) is 1.69. The van der Waals surface area contributed by atoms with Gasteiger partial charge in [-0.25, -0.2) is 11.0 Å². The summed E-state index contributed by atoms with van der Waals surface area (Å²) >= 11 is 0. The van der Waals surface area contributed by atoms with Crippen molar-refractivity contribution >= 4 is 15.0 Å². The van der Waals surface area contributed by atoms with Crippen molar-refractivity contribution in [3.8, 4) is 0 Å². The minimum Gasteiger partial charge on any atom is -0.321 e. The van der Waals surface area contributed by atoms with Crippen molar-refractivity contribution in [3.63, 3.8) is 0 Å². The molecule has 4 nitrogen and oxygen atoms in total. The Bertz CT molecular complexity index is 514. The molecule has 0 N–H and O–H groups in total. The zero-order valence-corrected chi connectivity index (χ0v) is 15.0. The van der Waals surface area contributed by atoms with E-state index in [4.69, 9.17) is 7.85 Å². The first-order valence-electron chi connectivity index (χ1n) is 9.23. The average Bonchev–Trinajstić information content (AvgIpc) is 3.03. The molecule has 1 heterocycles. The summed E-state index contributed by atoms with van der Waals surface area (Å²) in [5, 5.41) is 8.39. The van der Waals surface area contributed by atoms with Crippen molar-refractivity contribution in [1.29, 1.82) is 0 Å². The summed E-state index contributed by atoms with van der Waals surface area (Å²) in [5.74, 6) is 0. The first kappa shape index (κ1) is 17.1. The maximum Gasteiger partial charge on any atom is 0.122 e. The van der Waals surface area contributed by atoms with Crippen LogP contribution in [0, 0.1) is 6.32 Å². The summed E-state index contributed by atoms with van der Waals surface area (Å²) in [6.45, 7) is 0. The maximum absolute atomic E-state index is 14.1. The molecule has 23 heavy (non-hydrogen) atoms. The van der Waals surface area contributed by atoms with Gasteiger partial charge >= 0.3 is 0 Å². The van der Waals surface area contributed by atoms with Gasteiger partial charge in [0.2, 0.25) is 0 Å². The van der Waals surface area contributed by atoms with Crippen LogP contribution in [0.1, 0.15) is 69.9 Å². The van der Waals surface area contributed by atoms with Gasteiger partial charge in [0.15, 0.2) is 0 Å². The van der Waals surface area contributed by atoms with Crippen LogP contribution in [0.3, 0.4) is 0 Å². The van der Waals surface area contributed by atoms with Gasteiger partial charge in [-0.1, -0.05) is 43.7 Å². The monoisotopic (exact) mass is 332 g/mol. The first-order valence-corrected chi connectivity index (χ1v) is 11.3. The molecule has 6 heteroatoms. The lowest BCUT2D eigenvalue weighted by molar-refractivity contribution is 0.439. The van der Waals surface area contributed by atoms with E-state index in [1.54, 1.807) is 6.32 Å². The molecule has 3 rings (SSSR count). The van der Waals surface area contributed by atoms with Gasteiger partial charge in [-0.05, 0) is 25.7 Å². The van der Waals surface area contributed by atoms with E-state index in [0.717, 1.165) is 31.4 Å². The third kappa shape index (κ3) is 4.04. The largest absolute Gasteiger partial charge is 0.321 e. The highest BCUT2D eigenvalue weighted by molar-refractivity contribution is 7.64. The molecule has 0 saturated heterocycles. The Balaban J connectivity index is 1.79. The molecular formula is C17H28BN3OP. The molecule has 2 aliphatic rings. The Morgan fingerprint density at radius 3 is 2.17 bits per heavy atom. The standard InChI is InChI=1S/C17H28BN3OP/c18-12-11-15-13-21(20-19-15)14-23(22,16-7-3-1-4-8-16)17-9-5-2-6-10-17/h12-13,16-17H,1-11,14H2. The van der Waals surface area contributed by atoms with Crippen molar-refractivity contribution in [2.45, 2.75) is 88.2 Å². The van der Waals surface area contributed by atoms with Crippen molar-refractivity contribution in [1.82, 2.24) is 15.0 Å². The predicted octanol–water partition coefficient (Wildman–Crippen LogP) is 4.14. The van der Waals surface area contributed by atoms with Gasteiger partial charge in [0.1, 0.15) is 12.8 Å². The van der Waals surface area contributed by atoms with Crippen molar-refractivity contribution in [3.05, 3.63) is 18.2 Å². The molecule has 1 aromatic rings. The van der Waals surface area contributed by atoms with Crippen LogP contribution in [0.25, 0.3) is 0 Å². The second kappa shape index (κ2) is 7.92. The molecule has 2 fully saturated rings. The van der Waals surface area contributed by atoms with Gasteiger partial charge in [0, 0.05) is 11.3 Å². The Morgan fingerprint density at radius 1 is 1.09 bits per heavy atom. The highest BCUT2D eigenvalue weighted by Crippen LogP contribution is 2.63. The van der Waals surface area contributed by atoms with E-state index < -0.39 is 7.14 Å². The molecule has 2 aliphatic carbocycles. The number of hydrogen-bond acceptors (Lipinski definition) is 3. The third-order valence-corrected chi connectivity index (χ3v) is 9.90. The van der Waals surface area contributed by atoms with Crippen LogP contribution in [0.4, 0.5) is 0 Å². The fourth-order valence-corrected chi connectivity index (χ4v) is 8.54. The molecule has 0 bridgehead atoms. The summed E-state index contributed by atoms with van der Waals surface area (Å²) < 4.78 is 16.0. The summed E-state index contributed by atoms with van der Waals surface area (Å²) in [6, 6.07) is 0. The van der Waals surface area contributed by atoms with E-state index in [2.05, 4.69) is 10.3 Å². The molecular weight excluding hydrogens is 304 g/mol. The van der Waals surface area contributed by atoms with Crippen LogP contribution >= 0.6 is 7.14 Å². The van der Waals surface area contributed by atoms with Gasteiger partial charge in [-0.15, -0.1) is 5.10 Å². The maximum atomic E-state index is 14.1. The van der Waals surface area contributed by atoms with E-state index >= 15 is 0 Å². The van der Waals surface area contributed by atoms with E-state index in [0.29, 0.717) is 24.0 Å².